The van der Waals surface area contributed by atoms with Crippen LogP contribution in [-0.4, -0.2) is 22.3 Å². The van der Waals surface area contributed by atoms with Crippen molar-refractivity contribution in [3.63, 3.8) is 0 Å². The maximum absolute atomic E-state index is 11.6. The smallest absolute Gasteiger partial charge is 0.316 e. The molecule has 0 amide bonds. The normalized spacial score (nSPS) is 28.1. The van der Waals surface area contributed by atoms with Gasteiger partial charge in [-0.2, -0.15) is 0 Å². The Labute approximate surface area is 115 Å². The van der Waals surface area contributed by atoms with E-state index in [0.717, 1.165) is 12.8 Å². The van der Waals surface area contributed by atoms with Crippen molar-refractivity contribution in [3.8, 4) is 0 Å². The minimum Gasteiger partial charge on any atom is -0.481 e. The minimum atomic E-state index is -1.26. The predicted molar refractivity (Wildman–Crippen MR) is 70.3 cm³/mol. The number of carboxylic acids is 1. The predicted octanol–water partition coefficient (Wildman–Crippen LogP) is 3.25. The largest absolute Gasteiger partial charge is 0.481 e. The summed E-state index contributed by atoms with van der Waals surface area (Å²) in [6.07, 6.45) is 1.65. The van der Waals surface area contributed by atoms with E-state index in [0.29, 0.717) is 28.5 Å². The van der Waals surface area contributed by atoms with Gasteiger partial charge in [0, 0.05) is 0 Å². The van der Waals surface area contributed by atoms with Crippen molar-refractivity contribution in [1.29, 1.82) is 0 Å². The first-order valence-corrected chi connectivity index (χ1v) is 6.61. The molecule has 0 bridgehead atoms. The van der Waals surface area contributed by atoms with E-state index in [1.807, 2.05) is 0 Å². The van der Waals surface area contributed by atoms with Crippen LogP contribution in [0.25, 0.3) is 0 Å². The summed E-state index contributed by atoms with van der Waals surface area (Å²) in [5.74, 6) is -1.01. The summed E-state index contributed by atoms with van der Waals surface area (Å²) in [5, 5.41) is 20.4. The first-order valence-electron chi connectivity index (χ1n) is 5.85. The lowest BCUT2D eigenvalue weighted by molar-refractivity contribution is -0.151. The fraction of sp³-hybridized carbons (Fsp3) is 0.462. The number of rotatable bonds is 2. The Bertz CT molecular complexity index is 475. The molecule has 18 heavy (non-hydrogen) atoms. The number of aliphatic hydroxyl groups excluding tert-OH is 1. The molecule has 1 aliphatic rings. The Morgan fingerprint density at radius 2 is 2.00 bits per heavy atom. The van der Waals surface area contributed by atoms with Crippen molar-refractivity contribution in [2.24, 2.45) is 0 Å². The second kappa shape index (κ2) is 5.08. The topological polar surface area (TPSA) is 57.5 Å². The number of aliphatic hydroxyl groups is 1. The summed E-state index contributed by atoms with van der Waals surface area (Å²) in [6.45, 7) is 0. The third kappa shape index (κ3) is 2.11. The van der Waals surface area contributed by atoms with Gasteiger partial charge in [0.1, 0.15) is 5.41 Å². The zero-order chi connectivity index (χ0) is 13.3. The van der Waals surface area contributed by atoms with Gasteiger partial charge < -0.3 is 10.2 Å². The number of carbonyl (C=O) groups is 1. The van der Waals surface area contributed by atoms with Gasteiger partial charge in [0.15, 0.2) is 0 Å². The lowest BCUT2D eigenvalue weighted by Gasteiger charge is -2.38. The van der Waals surface area contributed by atoms with E-state index < -0.39 is 17.5 Å². The van der Waals surface area contributed by atoms with E-state index >= 15 is 0 Å². The van der Waals surface area contributed by atoms with Crippen molar-refractivity contribution in [2.45, 2.75) is 37.2 Å². The standard InChI is InChI=1S/C13H14Cl2O3/c14-9-5-4-8(7-10(9)15)13(12(17)18)6-2-1-3-11(13)16/h4-5,7,11,16H,1-3,6H2,(H,17,18)/t11-,13+/m1/s1. The molecular weight excluding hydrogens is 275 g/mol. The van der Waals surface area contributed by atoms with Crippen LogP contribution in [0.5, 0.6) is 0 Å². The Balaban J connectivity index is 2.52. The highest BCUT2D eigenvalue weighted by atomic mass is 35.5. The molecule has 0 unspecified atom stereocenters. The molecule has 2 atom stereocenters. The molecule has 2 N–H and O–H groups in total. The van der Waals surface area contributed by atoms with Gasteiger partial charge in [-0.15, -0.1) is 0 Å². The van der Waals surface area contributed by atoms with E-state index in [1.165, 1.54) is 0 Å². The molecule has 5 heteroatoms. The Morgan fingerprint density at radius 1 is 1.28 bits per heavy atom. The van der Waals surface area contributed by atoms with Crippen LogP contribution in [0.15, 0.2) is 18.2 Å². The molecule has 3 nitrogen and oxygen atoms in total. The minimum absolute atomic E-state index is 0.313. The molecule has 1 saturated carbocycles. The Morgan fingerprint density at radius 3 is 2.56 bits per heavy atom. The number of benzene rings is 1. The summed E-state index contributed by atoms with van der Waals surface area (Å²) in [6, 6.07) is 4.76. The molecule has 2 rings (SSSR count). The van der Waals surface area contributed by atoms with Gasteiger partial charge in [0.2, 0.25) is 0 Å². The highest BCUT2D eigenvalue weighted by molar-refractivity contribution is 6.42. The van der Waals surface area contributed by atoms with Gasteiger partial charge in [0.25, 0.3) is 0 Å². The van der Waals surface area contributed by atoms with Crippen molar-refractivity contribution >= 4 is 29.2 Å². The Kier molecular flexibility index (Phi) is 3.85. The van der Waals surface area contributed by atoms with Crippen LogP contribution >= 0.6 is 23.2 Å². The molecular formula is C13H14Cl2O3. The van der Waals surface area contributed by atoms with Crippen LogP contribution in [0.2, 0.25) is 10.0 Å². The van der Waals surface area contributed by atoms with Gasteiger partial charge in [-0.25, -0.2) is 0 Å². The maximum Gasteiger partial charge on any atom is 0.316 e. The highest BCUT2D eigenvalue weighted by Gasteiger charge is 2.48. The van der Waals surface area contributed by atoms with Gasteiger partial charge in [-0.05, 0) is 30.5 Å². The first kappa shape index (κ1) is 13.7. The van der Waals surface area contributed by atoms with E-state index in [9.17, 15) is 15.0 Å². The van der Waals surface area contributed by atoms with Crippen molar-refractivity contribution in [2.75, 3.05) is 0 Å². The quantitative estimate of drug-likeness (QED) is 0.878. The second-order valence-electron chi connectivity index (χ2n) is 4.67. The van der Waals surface area contributed by atoms with E-state index in [1.54, 1.807) is 18.2 Å². The number of carboxylic acid groups (broad SMARTS) is 1. The van der Waals surface area contributed by atoms with E-state index in [4.69, 9.17) is 23.2 Å². The van der Waals surface area contributed by atoms with Gasteiger partial charge >= 0.3 is 5.97 Å². The van der Waals surface area contributed by atoms with E-state index in [2.05, 4.69) is 0 Å². The fourth-order valence-corrected chi connectivity index (χ4v) is 2.94. The molecule has 0 radical (unpaired) electrons. The number of hydrogen-bond donors (Lipinski definition) is 2. The van der Waals surface area contributed by atoms with Crippen molar-refractivity contribution in [1.82, 2.24) is 0 Å². The fourth-order valence-electron chi connectivity index (χ4n) is 2.64. The zero-order valence-corrected chi connectivity index (χ0v) is 11.2. The van der Waals surface area contributed by atoms with Crippen LogP contribution in [0.4, 0.5) is 0 Å². The zero-order valence-electron chi connectivity index (χ0n) is 9.70. The molecule has 1 fully saturated rings. The molecule has 0 aromatic heterocycles. The highest BCUT2D eigenvalue weighted by Crippen LogP contribution is 2.41. The first-order chi connectivity index (χ1) is 8.48. The number of hydrogen-bond acceptors (Lipinski definition) is 2. The molecule has 1 aliphatic carbocycles. The van der Waals surface area contributed by atoms with Gasteiger partial charge in [-0.3, -0.25) is 4.79 Å². The molecule has 0 saturated heterocycles. The molecule has 98 valence electrons. The van der Waals surface area contributed by atoms with Gasteiger partial charge in [-0.1, -0.05) is 42.1 Å². The summed E-state index contributed by atoms with van der Waals surface area (Å²) >= 11 is 11.8. The summed E-state index contributed by atoms with van der Waals surface area (Å²) in [5.41, 5.74) is -0.733. The number of aliphatic carboxylic acids is 1. The average molecular weight is 289 g/mol. The van der Waals surface area contributed by atoms with Crippen LogP contribution in [0.1, 0.15) is 31.2 Å². The van der Waals surface area contributed by atoms with Crippen LogP contribution in [-0.2, 0) is 10.2 Å². The Hall–Kier alpha value is -0.770. The summed E-state index contributed by atoms with van der Waals surface area (Å²) in [4.78, 5) is 11.6. The van der Waals surface area contributed by atoms with Crippen LogP contribution < -0.4 is 0 Å². The molecule has 0 heterocycles. The third-order valence-corrected chi connectivity index (χ3v) is 4.42. The lowest BCUT2D eigenvalue weighted by Crippen LogP contribution is -2.48. The molecule has 1 aromatic rings. The molecule has 0 aliphatic heterocycles. The number of halogens is 2. The van der Waals surface area contributed by atoms with Crippen molar-refractivity contribution in [3.05, 3.63) is 33.8 Å². The molecule has 1 aromatic carbocycles. The third-order valence-electron chi connectivity index (χ3n) is 3.68. The van der Waals surface area contributed by atoms with Crippen LogP contribution in [0.3, 0.4) is 0 Å². The molecule has 0 spiro atoms. The average Bonchev–Trinajstić information content (AvgIpc) is 2.33. The maximum atomic E-state index is 11.6. The van der Waals surface area contributed by atoms with E-state index in [-0.39, 0.29) is 0 Å². The summed E-state index contributed by atoms with van der Waals surface area (Å²) < 4.78 is 0. The second-order valence-corrected chi connectivity index (χ2v) is 5.48. The van der Waals surface area contributed by atoms with Gasteiger partial charge in [0.05, 0.1) is 16.1 Å². The SMILES string of the molecule is O=C(O)[C@]1(c2ccc(Cl)c(Cl)c2)CCCC[C@H]1O. The summed E-state index contributed by atoms with van der Waals surface area (Å²) in [7, 11) is 0. The van der Waals surface area contributed by atoms with Crippen LogP contribution in [0, 0.1) is 0 Å². The monoisotopic (exact) mass is 288 g/mol. The lowest BCUT2D eigenvalue weighted by atomic mass is 9.67. The van der Waals surface area contributed by atoms with Crippen molar-refractivity contribution < 1.29 is 15.0 Å².